The van der Waals surface area contributed by atoms with Crippen LogP contribution >= 0.6 is 0 Å². The van der Waals surface area contributed by atoms with Gasteiger partial charge in [0, 0.05) is 38.1 Å². The number of likely N-dealkylation sites (tertiary alicyclic amines) is 1. The summed E-state index contributed by atoms with van der Waals surface area (Å²) in [5.74, 6) is 0.192. The maximum atomic E-state index is 12.6. The third-order valence-electron chi connectivity index (χ3n) is 5.72. The van der Waals surface area contributed by atoms with Crippen LogP contribution in [0.3, 0.4) is 0 Å². The molecule has 6 heteroatoms. The molecule has 2 aliphatic rings. The highest BCUT2D eigenvalue weighted by Crippen LogP contribution is 2.37. The summed E-state index contributed by atoms with van der Waals surface area (Å²) in [7, 11) is 0. The maximum absolute atomic E-state index is 12.6. The summed E-state index contributed by atoms with van der Waals surface area (Å²) in [6, 6.07) is 7.35. The van der Waals surface area contributed by atoms with E-state index in [2.05, 4.69) is 4.98 Å². The number of carbonyl (C=O) groups excluding carboxylic acids is 1. The first-order valence-corrected chi connectivity index (χ1v) is 9.47. The Morgan fingerprint density at radius 2 is 2.15 bits per heavy atom. The molecule has 2 aromatic rings. The lowest BCUT2D eigenvalue weighted by atomic mass is 9.79. The Labute approximate surface area is 152 Å². The van der Waals surface area contributed by atoms with Crippen molar-refractivity contribution < 1.29 is 9.53 Å². The fourth-order valence-electron chi connectivity index (χ4n) is 4.22. The molecule has 1 aromatic heterocycles. The molecule has 0 aliphatic carbocycles. The number of piperidine rings is 1. The topological polar surface area (TPSA) is 64.4 Å². The SMILES string of the molecule is O=C(CCCn1cnc2ccccc2c1=O)N1CCC[C@]2(CCOC2)C1. The van der Waals surface area contributed by atoms with Gasteiger partial charge in [-0.25, -0.2) is 4.98 Å². The molecule has 0 N–H and O–H groups in total. The smallest absolute Gasteiger partial charge is 0.261 e. The summed E-state index contributed by atoms with van der Waals surface area (Å²) in [5, 5.41) is 0.625. The monoisotopic (exact) mass is 355 g/mol. The van der Waals surface area contributed by atoms with Gasteiger partial charge in [0.1, 0.15) is 0 Å². The van der Waals surface area contributed by atoms with Crippen LogP contribution in [0, 0.1) is 5.41 Å². The molecule has 1 aromatic carbocycles. The predicted octanol–water partition coefficient (Wildman–Crippen LogP) is 2.21. The summed E-state index contributed by atoms with van der Waals surface area (Å²) < 4.78 is 7.18. The number of hydrogen-bond acceptors (Lipinski definition) is 4. The lowest BCUT2D eigenvalue weighted by molar-refractivity contribution is -0.134. The van der Waals surface area contributed by atoms with Crippen molar-refractivity contribution >= 4 is 16.8 Å². The van der Waals surface area contributed by atoms with Crippen LogP contribution < -0.4 is 5.56 Å². The van der Waals surface area contributed by atoms with Crippen LogP contribution in [0.1, 0.15) is 32.1 Å². The van der Waals surface area contributed by atoms with Crippen molar-refractivity contribution in [1.29, 1.82) is 0 Å². The number of para-hydroxylation sites is 1. The van der Waals surface area contributed by atoms with Gasteiger partial charge in [0.25, 0.3) is 5.56 Å². The van der Waals surface area contributed by atoms with Crippen LogP contribution in [0.25, 0.3) is 10.9 Å². The van der Waals surface area contributed by atoms with Gasteiger partial charge in [-0.3, -0.25) is 14.2 Å². The van der Waals surface area contributed by atoms with Crippen molar-refractivity contribution in [3.8, 4) is 0 Å². The van der Waals surface area contributed by atoms with Crippen molar-refractivity contribution in [1.82, 2.24) is 14.5 Å². The Kier molecular flexibility index (Phi) is 4.76. The molecule has 0 bridgehead atoms. The molecule has 2 aliphatic heterocycles. The van der Waals surface area contributed by atoms with Crippen LogP contribution in [0.15, 0.2) is 35.4 Å². The second-order valence-corrected chi connectivity index (χ2v) is 7.59. The minimum atomic E-state index is -0.0388. The van der Waals surface area contributed by atoms with Crippen LogP contribution in [-0.2, 0) is 16.1 Å². The average molecular weight is 355 g/mol. The number of amides is 1. The fraction of sp³-hybridized carbons (Fsp3) is 0.550. The average Bonchev–Trinajstić information content (AvgIpc) is 3.11. The van der Waals surface area contributed by atoms with E-state index in [0.29, 0.717) is 30.3 Å². The second-order valence-electron chi connectivity index (χ2n) is 7.59. The minimum Gasteiger partial charge on any atom is -0.381 e. The summed E-state index contributed by atoms with van der Waals surface area (Å²) >= 11 is 0. The zero-order chi connectivity index (χ0) is 18.0. The maximum Gasteiger partial charge on any atom is 0.261 e. The Morgan fingerprint density at radius 3 is 3.00 bits per heavy atom. The molecule has 1 amide bonds. The number of hydrogen-bond donors (Lipinski definition) is 0. The first-order valence-electron chi connectivity index (χ1n) is 9.47. The van der Waals surface area contributed by atoms with E-state index in [9.17, 15) is 9.59 Å². The van der Waals surface area contributed by atoms with Gasteiger partial charge in [-0.1, -0.05) is 12.1 Å². The van der Waals surface area contributed by atoms with E-state index in [0.717, 1.165) is 45.6 Å². The van der Waals surface area contributed by atoms with Crippen LogP contribution in [-0.4, -0.2) is 46.7 Å². The first-order chi connectivity index (χ1) is 12.7. The van der Waals surface area contributed by atoms with Crippen LogP contribution in [0.4, 0.5) is 0 Å². The van der Waals surface area contributed by atoms with Crippen molar-refractivity contribution in [3.63, 3.8) is 0 Å². The molecule has 2 fully saturated rings. The lowest BCUT2D eigenvalue weighted by Crippen LogP contribution is -2.46. The molecule has 1 spiro atoms. The van der Waals surface area contributed by atoms with E-state index in [-0.39, 0.29) is 16.9 Å². The Bertz CT molecular complexity index is 855. The molecular weight excluding hydrogens is 330 g/mol. The van der Waals surface area contributed by atoms with Crippen LogP contribution in [0.5, 0.6) is 0 Å². The first kappa shape index (κ1) is 17.2. The third kappa shape index (κ3) is 3.38. The number of carbonyl (C=O) groups is 1. The number of aryl methyl sites for hydroxylation is 1. The molecule has 138 valence electrons. The number of nitrogens with zero attached hydrogens (tertiary/aromatic N) is 3. The molecule has 1 atom stereocenters. The molecule has 0 radical (unpaired) electrons. The van der Waals surface area contributed by atoms with Crippen LogP contribution in [0.2, 0.25) is 0 Å². The number of ether oxygens (including phenoxy) is 1. The summed E-state index contributed by atoms with van der Waals surface area (Å²) in [4.78, 5) is 31.4. The third-order valence-corrected chi connectivity index (χ3v) is 5.72. The highest BCUT2D eigenvalue weighted by Gasteiger charge is 2.39. The lowest BCUT2D eigenvalue weighted by Gasteiger charge is -2.39. The van der Waals surface area contributed by atoms with E-state index in [1.54, 1.807) is 17.0 Å². The van der Waals surface area contributed by atoms with Gasteiger partial charge in [0.05, 0.1) is 23.8 Å². The van der Waals surface area contributed by atoms with Gasteiger partial charge in [-0.2, -0.15) is 0 Å². The van der Waals surface area contributed by atoms with Gasteiger partial charge in [-0.05, 0) is 37.8 Å². The normalized spacial score (nSPS) is 23.0. The Hall–Kier alpha value is -2.21. The highest BCUT2D eigenvalue weighted by atomic mass is 16.5. The van der Waals surface area contributed by atoms with E-state index in [1.165, 1.54) is 0 Å². The molecule has 0 saturated carbocycles. The van der Waals surface area contributed by atoms with Gasteiger partial charge in [0.15, 0.2) is 0 Å². The number of aromatic nitrogens is 2. The van der Waals surface area contributed by atoms with Gasteiger partial charge in [-0.15, -0.1) is 0 Å². The molecule has 6 nitrogen and oxygen atoms in total. The second kappa shape index (κ2) is 7.19. The van der Waals surface area contributed by atoms with Gasteiger partial charge >= 0.3 is 0 Å². The Balaban J connectivity index is 1.35. The zero-order valence-corrected chi connectivity index (χ0v) is 15.0. The predicted molar refractivity (Wildman–Crippen MR) is 98.9 cm³/mol. The van der Waals surface area contributed by atoms with Gasteiger partial charge in [0.2, 0.25) is 5.91 Å². The van der Waals surface area contributed by atoms with Gasteiger partial charge < -0.3 is 9.64 Å². The molecule has 4 rings (SSSR count). The van der Waals surface area contributed by atoms with Crippen molar-refractivity contribution in [2.45, 2.75) is 38.6 Å². The number of fused-ring (bicyclic) bond motifs is 1. The quantitative estimate of drug-likeness (QED) is 0.843. The highest BCUT2D eigenvalue weighted by molar-refractivity contribution is 5.77. The van der Waals surface area contributed by atoms with E-state index < -0.39 is 0 Å². The summed E-state index contributed by atoms with van der Waals surface area (Å²) in [6.45, 7) is 3.79. The summed E-state index contributed by atoms with van der Waals surface area (Å²) in [5.41, 5.74) is 0.859. The molecule has 3 heterocycles. The number of benzene rings is 1. The Morgan fingerprint density at radius 1 is 1.27 bits per heavy atom. The van der Waals surface area contributed by atoms with E-state index in [1.807, 2.05) is 23.1 Å². The van der Waals surface area contributed by atoms with E-state index >= 15 is 0 Å². The van der Waals surface area contributed by atoms with Crippen molar-refractivity contribution in [2.24, 2.45) is 5.41 Å². The van der Waals surface area contributed by atoms with E-state index in [4.69, 9.17) is 4.74 Å². The standard InChI is InChI=1S/C20H25N3O3/c24-18(22-11-4-8-20(13-22)9-12-26-14-20)7-3-10-23-15-21-17-6-2-1-5-16(17)19(23)25/h1-2,5-6,15H,3-4,7-14H2/t20-/m0/s1. The minimum absolute atomic E-state index is 0.0388. The molecule has 26 heavy (non-hydrogen) atoms. The largest absolute Gasteiger partial charge is 0.381 e. The summed E-state index contributed by atoms with van der Waals surface area (Å²) in [6.07, 6.45) is 5.99. The number of rotatable bonds is 4. The molecular formula is C20H25N3O3. The zero-order valence-electron chi connectivity index (χ0n) is 15.0. The fourth-order valence-corrected chi connectivity index (χ4v) is 4.22. The van der Waals surface area contributed by atoms with Crippen molar-refractivity contribution in [2.75, 3.05) is 26.3 Å². The molecule has 2 saturated heterocycles. The molecule has 0 unspecified atom stereocenters. The van der Waals surface area contributed by atoms with Crippen molar-refractivity contribution in [3.05, 3.63) is 40.9 Å².